The lowest BCUT2D eigenvalue weighted by Gasteiger charge is -2.21. The van der Waals surface area contributed by atoms with Crippen LogP contribution in [0.3, 0.4) is 0 Å². The summed E-state index contributed by atoms with van der Waals surface area (Å²) < 4.78 is 2.14. The molecular weight excluding hydrogens is 286 g/mol. The highest BCUT2D eigenvalue weighted by Crippen LogP contribution is 2.28. The fourth-order valence-electron chi connectivity index (χ4n) is 3.04. The quantitative estimate of drug-likeness (QED) is 0.346. The Morgan fingerprint density at radius 1 is 1.52 bits per heavy atom. The molecule has 0 amide bonds. The van der Waals surface area contributed by atoms with Gasteiger partial charge in [-0.05, 0) is 38.7 Å². The summed E-state index contributed by atoms with van der Waals surface area (Å²) in [5.41, 5.74) is 1.05. The van der Waals surface area contributed by atoms with Crippen molar-refractivity contribution in [1.29, 1.82) is 0 Å². The second-order valence-electron chi connectivity index (χ2n) is 6.25. The number of guanidine groups is 1. The molecule has 5 nitrogen and oxygen atoms in total. The lowest BCUT2D eigenvalue weighted by atomic mass is 10.3. The fraction of sp³-hybridized carbons (Fsp3) is 0.667. The Kier molecular flexibility index (Phi) is 7.17. The zero-order valence-corrected chi connectivity index (χ0v) is 14.7. The fourth-order valence-corrected chi connectivity index (χ4v) is 3.04. The number of aliphatic imine (C=N–C) groups is 1. The van der Waals surface area contributed by atoms with Crippen LogP contribution in [0.5, 0.6) is 0 Å². The van der Waals surface area contributed by atoms with Gasteiger partial charge in [0.1, 0.15) is 0 Å². The molecule has 0 saturated heterocycles. The van der Waals surface area contributed by atoms with Crippen LogP contribution in [0.25, 0.3) is 0 Å². The van der Waals surface area contributed by atoms with Crippen LogP contribution in [0.15, 0.2) is 29.9 Å². The smallest absolute Gasteiger partial charge is 0.194 e. The van der Waals surface area contributed by atoms with E-state index in [1.807, 2.05) is 6.08 Å². The maximum absolute atomic E-state index is 4.73. The molecular formula is C18H31N5. The second kappa shape index (κ2) is 9.38. The van der Waals surface area contributed by atoms with E-state index in [1.165, 1.54) is 25.7 Å². The van der Waals surface area contributed by atoms with Crippen LogP contribution in [0.2, 0.25) is 0 Å². The van der Waals surface area contributed by atoms with Crippen LogP contribution in [0.1, 0.15) is 57.2 Å². The van der Waals surface area contributed by atoms with Gasteiger partial charge in [-0.1, -0.05) is 18.9 Å². The van der Waals surface area contributed by atoms with Crippen molar-refractivity contribution < 1.29 is 0 Å². The average Bonchev–Trinajstić information content (AvgIpc) is 3.22. The molecule has 1 fully saturated rings. The number of allylic oxidation sites excluding steroid dienone is 1. The van der Waals surface area contributed by atoms with Gasteiger partial charge < -0.3 is 10.2 Å². The molecule has 1 heterocycles. The molecule has 0 bridgehead atoms. The summed E-state index contributed by atoms with van der Waals surface area (Å²) in [5, 5.41) is 8.07. The molecule has 0 spiro atoms. The Morgan fingerprint density at radius 2 is 2.30 bits per heavy atom. The van der Waals surface area contributed by atoms with Gasteiger partial charge in [0.2, 0.25) is 0 Å². The van der Waals surface area contributed by atoms with Crippen LogP contribution >= 0.6 is 0 Å². The van der Waals surface area contributed by atoms with E-state index < -0.39 is 0 Å². The molecule has 1 aromatic heterocycles. The lowest BCUT2D eigenvalue weighted by molar-refractivity contribution is 0.460. The van der Waals surface area contributed by atoms with Gasteiger partial charge in [-0.25, -0.2) is 4.99 Å². The van der Waals surface area contributed by atoms with Gasteiger partial charge in [0.05, 0.1) is 18.3 Å². The third kappa shape index (κ3) is 5.41. The first-order chi connectivity index (χ1) is 11.2. The minimum atomic E-state index is 0.600. The van der Waals surface area contributed by atoms with Crippen LogP contribution in [0, 0.1) is 0 Å². The Labute approximate surface area is 140 Å². The largest absolute Gasteiger partial charge is 0.357 e. The summed E-state index contributed by atoms with van der Waals surface area (Å²) in [6, 6.07) is 2.70. The SMILES string of the molecule is C=CCCCN(C)C(=NCc1ccn(C2CCCC2)n1)NCC. The monoisotopic (exact) mass is 317 g/mol. The summed E-state index contributed by atoms with van der Waals surface area (Å²) in [6.45, 7) is 8.36. The van der Waals surface area contributed by atoms with Crippen molar-refractivity contribution in [3.63, 3.8) is 0 Å². The summed E-state index contributed by atoms with van der Waals surface area (Å²) in [4.78, 5) is 6.91. The molecule has 1 aliphatic rings. The number of nitrogens with zero attached hydrogens (tertiary/aromatic N) is 4. The van der Waals surface area contributed by atoms with Crippen LogP contribution in [-0.2, 0) is 6.54 Å². The number of nitrogens with one attached hydrogen (secondary N) is 1. The first-order valence-electron chi connectivity index (χ1n) is 8.89. The number of aromatic nitrogens is 2. The van der Waals surface area contributed by atoms with E-state index >= 15 is 0 Å². The summed E-state index contributed by atoms with van der Waals surface area (Å²) in [7, 11) is 2.09. The van der Waals surface area contributed by atoms with Crippen molar-refractivity contribution in [1.82, 2.24) is 20.0 Å². The molecule has 1 saturated carbocycles. The third-order valence-electron chi connectivity index (χ3n) is 4.35. The third-order valence-corrected chi connectivity index (χ3v) is 4.35. The van der Waals surface area contributed by atoms with Crippen LogP contribution in [-0.4, -0.2) is 40.8 Å². The molecule has 128 valence electrons. The van der Waals surface area contributed by atoms with E-state index in [0.29, 0.717) is 12.6 Å². The highest BCUT2D eigenvalue weighted by Gasteiger charge is 2.17. The zero-order valence-electron chi connectivity index (χ0n) is 14.7. The lowest BCUT2D eigenvalue weighted by Crippen LogP contribution is -2.39. The van der Waals surface area contributed by atoms with Crippen molar-refractivity contribution in [3.05, 3.63) is 30.6 Å². The van der Waals surface area contributed by atoms with Gasteiger partial charge in [0, 0.05) is 26.3 Å². The predicted octanol–water partition coefficient (Wildman–Crippen LogP) is 3.36. The average molecular weight is 317 g/mol. The topological polar surface area (TPSA) is 45.5 Å². The molecule has 1 aromatic rings. The minimum absolute atomic E-state index is 0.600. The Balaban J connectivity index is 1.92. The highest BCUT2D eigenvalue weighted by molar-refractivity contribution is 5.79. The van der Waals surface area contributed by atoms with E-state index in [0.717, 1.165) is 37.6 Å². The van der Waals surface area contributed by atoms with Gasteiger partial charge in [0.25, 0.3) is 0 Å². The van der Waals surface area contributed by atoms with Crippen LogP contribution < -0.4 is 5.32 Å². The maximum atomic E-state index is 4.73. The zero-order chi connectivity index (χ0) is 16.5. The molecule has 1 N–H and O–H groups in total. The summed E-state index contributed by atoms with van der Waals surface area (Å²) in [5.74, 6) is 0.951. The molecule has 0 aromatic carbocycles. The normalized spacial score (nSPS) is 15.8. The first kappa shape index (κ1) is 17.6. The van der Waals surface area contributed by atoms with E-state index in [-0.39, 0.29) is 0 Å². The molecule has 5 heteroatoms. The van der Waals surface area contributed by atoms with E-state index in [9.17, 15) is 0 Å². The molecule has 23 heavy (non-hydrogen) atoms. The van der Waals surface area contributed by atoms with Gasteiger partial charge in [-0.3, -0.25) is 4.68 Å². The van der Waals surface area contributed by atoms with E-state index in [2.05, 4.69) is 47.7 Å². The molecule has 0 aliphatic heterocycles. The summed E-state index contributed by atoms with van der Waals surface area (Å²) in [6.07, 6.45) is 11.4. The van der Waals surface area contributed by atoms with Crippen molar-refractivity contribution in [2.45, 2.75) is 58.0 Å². The first-order valence-corrected chi connectivity index (χ1v) is 8.89. The molecule has 0 unspecified atom stereocenters. The second-order valence-corrected chi connectivity index (χ2v) is 6.25. The van der Waals surface area contributed by atoms with E-state index in [4.69, 9.17) is 10.1 Å². The number of hydrogen-bond donors (Lipinski definition) is 1. The number of hydrogen-bond acceptors (Lipinski definition) is 2. The number of rotatable bonds is 8. The van der Waals surface area contributed by atoms with Gasteiger partial charge >= 0.3 is 0 Å². The minimum Gasteiger partial charge on any atom is -0.357 e. The summed E-state index contributed by atoms with van der Waals surface area (Å²) >= 11 is 0. The standard InChI is InChI=1S/C18H31N5/c1-4-6-9-13-22(3)18(19-5-2)20-15-16-12-14-23(21-16)17-10-7-8-11-17/h4,12,14,17H,1,5-11,13,15H2,2-3H3,(H,19,20). The van der Waals surface area contributed by atoms with Gasteiger partial charge in [-0.2, -0.15) is 5.10 Å². The molecule has 0 radical (unpaired) electrons. The Bertz CT molecular complexity index is 499. The van der Waals surface area contributed by atoms with Crippen molar-refractivity contribution in [2.24, 2.45) is 4.99 Å². The molecule has 1 aliphatic carbocycles. The number of unbranched alkanes of at least 4 members (excludes halogenated alkanes) is 1. The molecule has 2 rings (SSSR count). The maximum Gasteiger partial charge on any atom is 0.194 e. The van der Waals surface area contributed by atoms with Crippen molar-refractivity contribution >= 4 is 5.96 Å². The van der Waals surface area contributed by atoms with Crippen molar-refractivity contribution in [2.75, 3.05) is 20.1 Å². The predicted molar refractivity (Wildman–Crippen MR) is 96.6 cm³/mol. The highest BCUT2D eigenvalue weighted by atomic mass is 15.3. The van der Waals surface area contributed by atoms with E-state index in [1.54, 1.807) is 0 Å². The van der Waals surface area contributed by atoms with Gasteiger partial charge in [-0.15, -0.1) is 6.58 Å². The van der Waals surface area contributed by atoms with Gasteiger partial charge in [0.15, 0.2) is 5.96 Å². The molecule has 0 atom stereocenters. The van der Waals surface area contributed by atoms with Crippen molar-refractivity contribution in [3.8, 4) is 0 Å². The Morgan fingerprint density at radius 3 is 3.00 bits per heavy atom. The van der Waals surface area contributed by atoms with Crippen LogP contribution in [0.4, 0.5) is 0 Å². The Hall–Kier alpha value is -1.78.